The molecule has 2 fully saturated rings. The monoisotopic (exact) mass is 383 g/mol. The topological polar surface area (TPSA) is 59.8 Å². The molecule has 0 unspecified atom stereocenters. The van der Waals surface area contributed by atoms with Crippen LogP contribution in [-0.2, 0) is 9.47 Å². The fraction of sp³-hybridized carbons (Fsp3) is 0.647. The second-order valence-corrected chi connectivity index (χ2v) is 7.27. The third-order valence-electron chi connectivity index (χ3n) is 5.29. The average Bonchev–Trinajstić information content (AvgIpc) is 2.55. The molecule has 0 amide bonds. The largest absolute Gasteiger partial charge is 0.377 e. The van der Waals surface area contributed by atoms with Gasteiger partial charge in [0, 0.05) is 62.9 Å². The first-order valence-corrected chi connectivity index (χ1v) is 8.96. The van der Waals surface area contributed by atoms with Crippen molar-refractivity contribution in [1.29, 1.82) is 0 Å². The summed E-state index contributed by atoms with van der Waals surface area (Å²) in [5.41, 5.74) is 7.46. The summed E-state index contributed by atoms with van der Waals surface area (Å²) in [6, 6.07) is 9.46. The van der Waals surface area contributed by atoms with Gasteiger partial charge in [-0.25, -0.2) is 0 Å². The van der Waals surface area contributed by atoms with Crippen molar-refractivity contribution < 1.29 is 9.47 Å². The van der Waals surface area contributed by atoms with Crippen LogP contribution in [0, 0.1) is 0 Å². The highest BCUT2D eigenvalue weighted by Gasteiger charge is 2.49. The van der Waals surface area contributed by atoms with Gasteiger partial charge in [0.05, 0.1) is 12.2 Å². The van der Waals surface area contributed by atoms with Gasteiger partial charge in [-0.1, -0.05) is 28.1 Å². The third kappa shape index (κ3) is 3.34. The number of hydrogen-bond donors (Lipinski definition) is 2. The van der Waals surface area contributed by atoms with Crippen LogP contribution < -0.4 is 11.1 Å². The fourth-order valence-corrected chi connectivity index (χ4v) is 4.30. The molecule has 3 N–H and O–H groups in total. The smallest absolute Gasteiger partial charge is 0.0971 e. The standard InChI is InChI=1S/C17H26BrN3O2/c1-22-15-9-20-8-14-17(11-3-5-12(18)6-4-11)13(7-19)21(14)10-16(15)23-2/h3-6,13-17,20H,7-10,19H2,1-2H3/t13-,14+,15-,16+,17+/m1/s1. The molecule has 0 saturated carbocycles. The number of ether oxygens (including phenoxy) is 2. The summed E-state index contributed by atoms with van der Waals surface area (Å²) < 4.78 is 12.4. The first-order valence-electron chi connectivity index (χ1n) is 8.17. The van der Waals surface area contributed by atoms with E-state index in [1.807, 2.05) is 0 Å². The molecule has 2 aliphatic heterocycles. The molecule has 5 atom stereocenters. The Morgan fingerprint density at radius 2 is 1.87 bits per heavy atom. The van der Waals surface area contributed by atoms with Crippen LogP contribution in [0.4, 0.5) is 0 Å². The molecule has 0 spiro atoms. The van der Waals surface area contributed by atoms with Crippen molar-refractivity contribution in [2.45, 2.75) is 30.2 Å². The van der Waals surface area contributed by atoms with Gasteiger partial charge in [0.15, 0.2) is 0 Å². The molecule has 3 rings (SSSR count). The number of hydrogen-bond acceptors (Lipinski definition) is 5. The van der Waals surface area contributed by atoms with E-state index < -0.39 is 0 Å². The summed E-state index contributed by atoms with van der Waals surface area (Å²) in [5.74, 6) is 0.470. The maximum atomic E-state index is 6.10. The predicted molar refractivity (Wildman–Crippen MR) is 94.7 cm³/mol. The first kappa shape index (κ1) is 17.3. The van der Waals surface area contributed by atoms with Crippen LogP contribution in [0.5, 0.6) is 0 Å². The Morgan fingerprint density at radius 3 is 2.48 bits per heavy atom. The van der Waals surface area contributed by atoms with Gasteiger partial charge in [-0.05, 0) is 17.7 Å². The van der Waals surface area contributed by atoms with Crippen LogP contribution in [0.15, 0.2) is 28.7 Å². The normalized spacial score (nSPS) is 35.0. The lowest BCUT2D eigenvalue weighted by atomic mass is 9.74. The molecule has 2 saturated heterocycles. The second-order valence-electron chi connectivity index (χ2n) is 6.35. The maximum absolute atomic E-state index is 6.10. The van der Waals surface area contributed by atoms with Crippen molar-refractivity contribution in [2.24, 2.45) is 5.73 Å². The van der Waals surface area contributed by atoms with Crippen LogP contribution in [0.1, 0.15) is 11.5 Å². The average molecular weight is 384 g/mol. The van der Waals surface area contributed by atoms with E-state index in [1.165, 1.54) is 5.56 Å². The molecular weight excluding hydrogens is 358 g/mol. The zero-order valence-electron chi connectivity index (χ0n) is 13.7. The summed E-state index contributed by atoms with van der Waals surface area (Å²) in [5, 5.41) is 3.54. The molecule has 2 heterocycles. The van der Waals surface area contributed by atoms with E-state index >= 15 is 0 Å². The maximum Gasteiger partial charge on any atom is 0.0971 e. The molecular formula is C17H26BrN3O2. The molecule has 5 nitrogen and oxygen atoms in total. The summed E-state index contributed by atoms with van der Waals surface area (Å²) in [6.07, 6.45) is 0.140. The molecule has 23 heavy (non-hydrogen) atoms. The highest BCUT2D eigenvalue weighted by atomic mass is 79.9. The van der Waals surface area contributed by atoms with E-state index in [0.29, 0.717) is 24.5 Å². The van der Waals surface area contributed by atoms with Gasteiger partial charge in [-0.3, -0.25) is 4.90 Å². The number of methoxy groups -OCH3 is 2. The quantitative estimate of drug-likeness (QED) is 0.817. The van der Waals surface area contributed by atoms with Gasteiger partial charge in [-0.2, -0.15) is 0 Å². The second kappa shape index (κ2) is 7.59. The number of fused-ring (bicyclic) bond motifs is 1. The summed E-state index contributed by atoms with van der Waals surface area (Å²) in [6.45, 7) is 3.30. The highest BCUT2D eigenvalue weighted by Crippen LogP contribution is 2.41. The van der Waals surface area contributed by atoms with Crippen molar-refractivity contribution in [3.63, 3.8) is 0 Å². The van der Waals surface area contributed by atoms with Crippen molar-refractivity contribution in [1.82, 2.24) is 10.2 Å². The fourth-order valence-electron chi connectivity index (χ4n) is 4.03. The molecule has 0 aliphatic carbocycles. The first-order chi connectivity index (χ1) is 11.2. The van der Waals surface area contributed by atoms with E-state index in [-0.39, 0.29) is 12.2 Å². The van der Waals surface area contributed by atoms with Gasteiger partial charge in [0.25, 0.3) is 0 Å². The van der Waals surface area contributed by atoms with E-state index in [1.54, 1.807) is 14.2 Å². The van der Waals surface area contributed by atoms with Crippen molar-refractivity contribution in [2.75, 3.05) is 40.4 Å². The zero-order chi connectivity index (χ0) is 16.4. The van der Waals surface area contributed by atoms with Crippen LogP contribution >= 0.6 is 15.9 Å². The number of nitrogens with two attached hydrogens (primary N) is 1. The molecule has 0 aromatic heterocycles. The Morgan fingerprint density at radius 1 is 1.17 bits per heavy atom. The molecule has 2 aliphatic rings. The zero-order valence-corrected chi connectivity index (χ0v) is 15.3. The SMILES string of the molecule is CO[C@H]1CN2[C@H](CN)[C@H](c3ccc(Br)cc3)[C@@H]2CNC[C@H]1OC. The molecule has 6 heteroatoms. The van der Waals surface area contributed by atoms with Crippen molar-refractivity contribution >= 4 is 15.9 Å². The van der Waals surface area contributed by atoms with E-state index in [9.17, 15) is 0 Å². The van der Waals surface area contributed by atoms with Gasteiger partial charge in [0.1, 0.15) is 0 Å². The number of benzene rings is 1. The Kier molecular flexibility index (Phi) is 5.72. The lowest BCUT2D eigenvalue weighted by molar-refractivity contribution is -0.104. The summed E-state index contributed by atoms with van der Waals surface area (Å²) in [4.78, 5) is 2.49. The van der Waals surface area contributed by atoms with Gasteiger partial charge in [-0.15, -0.1) is 0 Å². The van der Waals surface area contributed by atoms with Crippen molar-refractivity contribution in [3.05, 3.63) is 34.3 Å². The molecule has 0 bridgehead atoms. The number of nitrogens with one attached hydrogen (secondary N) is 1. The third-order valence-corrected chi connectivity index (χ3v) is 5.82. The minimum absolute atomic E-state index is 0.0650. The summed E-state index contributed by atoms with van der Waals surface area (Å²) in [7, 11) is 3.51. The molecule has 0 radical (unpaired) electrons. The van der Waals surface area contributed by atoms with E-state index in [2.05, 4.69) is 50.4 Å². The lowest BCUT2D eigenvalue weighted by Crippen LogP contribution is -2.71. The van der Waals surface area contributed by atoms with Gasteiger partial charge in [0.2, 0.25) is 0 Å². The van der Waals surface area contributed by atoms with Crippen LogP contribution in [0.25, 0.3) is 0 Å². The molecule has 1 aromatic carbocycles. The van der Waals surface area contributed by atoms with Crippen LogP contribution in [0.3, 0.4) is 0 Å². The Labute approximate surface area is 146 Å². The minimum Gasteiger partial charge on any atom is -0.377 e. The number of halogens is 1. The number of rotatable bonds is 4. The van der Waals surface area contributed by atoms with E-state index in [4.69, 9.17) is 15.2 Å². The highest BCUT2D eigenvalue weighted by molar-refractivity contribution is 9.10. The Bertz CT molecular complexity index is 513. The Balaban J connectivity index is 1.80. The lowest BCUT2D eigenvalue weighted by Gasteiger charge is -2.57. The predicted octanol–water partition coefficient (Wildman–Crippen LogP) is 1.18. The van der Waals surface area contributed by atoms with E-state index in [0.717, 1.165) is 24.1 Å². The molecule has 128 valence electrons. The van der Waals surface area contributed by atoms with Gasteiger partial charge >= 0.3 is 0 Å². The minimum atomic E-state index is 0.0650. The molecule has 1 aromatic rings. The van der Waals surface area contributed by atoms with Crippen LogP contribution in [0.2, 0.25) is 0 Å². The summed E-state index contributed by atoms with van der Waals surface area (Å²) >= 11 is 3.51. The van der Waals surface area contributed by atoms with Crippen LogP contribution in [-0.4, -0.2) is 69.6 Å². The number of nitrogens with zero attached hydrogens (tertiary/aromatic N) is 1. The van der Waals surface area contributed by atoms with Crippen molar-refractivity contribution in [3.8, 4) is 0 Å². The van der Waals surface area contributed by atoms with Gasteiger partial charge < -0.3 is 20.5 Å². The Hall–Kier alpha value is -0.500.